The fourth-order valence-electron chi connectivity index (χ4n) is 2.36. The third-order valence-electron chi connectivity index (χ3n) is 3.29. The average Bonchev–Trinajstić information content (AvgIpc) is 2.76. The molecule has 0 aliphatic heterocycles. The molecule has 3 rings (SSSR count). The number of carbonyl (C=O) groups is 1. The van der Waals surface area contributed by atoms with E-state index in [1.54, 1.807) is 17.9 Å². The number of hydrogen-bond donors (Lipinski definition) is 1. The highest BCUT2D eigenvalue weighted by Crippen LogP contribution is 2.27. The molecule has 0 aliphatic carbocycles. The molecular weight excluding hydrogens is 273 g/mol. The fourth-order valence-corrected chi connectivity index (χ4v) is 2.36. The molecule has 0 saturated heterocycles. The second kappa shape index (κ2) is 4.66. The third kappa shape index (κ3) is 2.24. The number of halogens is 1. The monoisotopic (exact) mass is 285 g/mol. The summed E-state index contributed by atoms with van der Waals surface area (Å²) in [5, 5.41) is 13.9. The van der Waals surface area contributed by atoms with Crippen molar-refractivity contribution in [2.45, 2.75) is 6.92 Å². The molecule has 1 N–H and O–H groups in total. The Kier molecular flexibility index (Phi) is 2.94. The smallest absolute Gasteiger partial charge is 0.336 e. The average molecular weight is 285 g/mol. The largest absolute Gasteiger partial charge is 0.478 e. The topological polar surface area (TPSA) is 68.0 Å². The van der Waals surface area contributed by atoms with Gasteiger partial charge >= 0.3 is 5.97 Å². The van der Waals surface area contributed by atoms with Crippen LogP contribution < -0.4 is 0 Å². The quantitative estimate of drug-likeness (QED) is 0.786. The third-order valence-corrected chi connectivity index (χ3v) is 3.29. The van der Waals surface area contributed by atoms with Gasteiger partial charge in [0.2, 0.25) is 0 Å². The molecule has 2 heterocycles. The van der Waals surface area contributed by atoms with E-state index >= 15 is 0 Å². The van der Waals surface area contributed by atoms with Crippen LogP contribution in [-0.4, -0.2) is 25.8 Å². The van der Waals surface area contributed by atoms with Crippen molar-refractivity contribution in [2.24, 2.45) is 7.05 Å². The molecule has 0 unspecified atom stereocenters. The van der Waals surface area contributed by atoms with E-state index in [1.165, 1.54) is 24.3 Å². The predicted molar refractivity (Wildman–Crippen MR) is 75.6 cm³/mol. The highest BCUT2D eigenvalue weighted by atomic mass is 19.1. The molecule has 1 aromatic carbocycles. The van der Waals surface area contributed by atoms with Crippen molar-refractivity contribution >= 4 is 16.9 Å². The van der Waals surface area contributed by atoms with Gasteiger partial charge in [-0.2, -0.15) is 5.10 Å². The van der Waals surface area contributed by atoms with Gasteiger partial charge in [-0.15, -0.1) is 0 Å². The minimum absolute atomic E-state index is 0.0257. The number of carboxylic acid groups (broad SMARTS) is 1. The first-order valence-electron chi connectivity index (χ1n) is 6.30. The molecular formula is C15H12FN3O2. The summed E-state index contributed by atoms with van der Waals surface area (Å²) < 4.78 is 15.0. The Morgan fingerprint density at radius 2 is 2.10 bits per heavy atom. The standard InChI is InChI=1S/C15H12FN3O2/c1-8-12(7-19(2)18-8)14-6-11(15(20)21)10-5-9(16)3-4-13(10)17-14/h3-7H,1-2H3,(H,20,21). The minimum Gasteiger partial charge on any atom is -0.478 e. The molecule has 0 fully saturated rings. The SMILES string of the molecule is Cc1nn(C)cc1-c1cc(C(=O)O)c2cc(F)ccc2n1. The van der Waals surface area contributed by atoms with Crippen LogP contribution in [0.1, 0.15) is 16.1 Å². The van der Waals surface area contributed by atoms with E-state index in [-0.39, 0.29) is 10.9 Å². The van der Waals surface area contributed by atoms with Gasteiger partial charge in [0.15, 0.2) is 0 Å². The van der Waals surface area contributed by atoms with Gasteiger partial charge in [0.1, 0.15) is 5.82 Å². The number of pyridine rings is 1. The summed E-state index contributed by atoms with van der Waals surface area (Å²) in [5.41, 5.74) is 2.48. The number of aromatic nitrogens is 3. The Bertz CT molecular complexity index is 871. The first-order valence-corrected chi connectivity index (χ1v) is 6.30. The first-order chi connectivity index (χ1) is 9.95. The van der Waals surface area contributed by atoms with E-state index < -0.39 is 11.8 Å². The summed E-state index contributed by atoms with van der Waals surface area (Å²) in [5.74, 6) is -1.60. The van der Waals surface area contributed by atoms with Gasteiger partial charge in [-0.25, -0.2) is 14.2 Å². The van der Waals surface area contributed by atoms with E-state index in [0.717, 1.165) is 11.3 Å². The zero-order valence-corrected chi connectivity index (χ0v) is 11.5. The zero-order valence-electron chi connectivity index (χ0n) is 11.5. The lowest BCUT2D eigenvalue weighted by Crippen LogP contribution is -2.00. The second-order valence-corrected chi connectivity index (χ2v) is 4.82. The number of rotatable bonds is 2. The summed E-state index contributed by atoms with van der Waals surface area (Å²) >= 11 is 0. The van der Waals surface area contributed by atoms with Gasteiger partial charge in [-0.3, -0.25) is 4.68 Å². The van der Waals surface area contributed by atoms with E-state index in [2.05, 4.69) is 10.1 Å². The van der Waals surface area contributed by atoms with Crippen LogP contribution >= 0.6 is 0 Å². The Morgan fingerprint density at radius 3 is 2.71 bits per heavy atom. The number of hydrogen-bond acceptors (Lipinski definition) is 3. The molecule has 0 bridgehead atoms. The lowest BCUT2D eigenvalue weighted by molar-refractivity contribution is 0.0699. The minimum atomic E-state index is -1.12. The van der Waals surface area contributed by atoms with Crippen LogP contribution in [-0.2, 0) is 7.05 Å². The van der Waals surface area contributed by atoms with Gasteiger partial charge in [0.25, 0.3) is 0 Å². The summed E-state index contributed by atoms with van der Waals surface area (Å²) in [4.78, 5) is 15.8. The number of nitrogens with zero attached hydrogens (tertiary/aromatic N) is 3. The summed E-state index contributed by atoms with van der Waals surface area (Å²) in [7, 11) is 1.78. The highest BCUT2D eigenvalue weighted by Gasteiger charge is 2.15. The first kappa shape index (κ1) is 13.2. The lowest BCUT2D eigenvalue weighted by Gasteiger charge is -2.06. The zero-order chi connectivity index (χ0) is 15.1. The molecule has 0 spiro atoms. The molecule has 0 amide bonds. The molecule has 21 heavy (non-hydrogen) atoms. The van der Waals surface area contributed by atoms with Gasteiger partial charge in [-0.05, 0) is 31.2 Å². The van der Waals surface area contributed by atoms with Crippen molar-refractivity contribution in [3.8, 4) is 11.3 Å². The van der Waals surface area contributed by atoms with Crippen LogP contribution in [0.25, 0.3) is 22.2 Å². The van der Waals surface area contributed by atoms with Gasteiger partial charge < -0.3 is 5.11 Å². The highest BCUT2D eigenvalue weighted by molar-refractivity contribution is 6.03. The molecule has 0 saturated carbocycles. The number of fused-ring (bicyclic) bond motifs is 1. The number of carboxylic acids is 1. The van der Waals surface area contributed by atoms with Crippen molar-refractivity contribution < 1.29 is 14.3 Å². The van der Waals surface area contributed by atoms with E-state index in [4.69, 9.17) is 0 Å². The molecule has 2 aromatic heterocycles. The van der Waals surface area contributed by atoms with Gasteiger partial charge in [0, 0.05) is 24.2 Å². The van der Waals surface area contributed by atoms with E-state index in [1.807, 2.05) is 6.92 Å². The number of aryl methyl sites for hydroxylation is 2. The summed E-state index contributed by atoms with van der Waals surface area (Å²) in [6.07, 6.45) is 1.78. The van der Waals surface area contributed by atoms with Gasteiger partial charge in [0.05, 0.1) is 22.5 Å². The Labute approximate surface area is 119 Å². The van der Waals surface area contributed by atoms with Crippen molar-refractivity contribution in [1.82, 2.24) is 14.8 Å². The Morgan fingerprint density at radius 1 is 1.33 bits per heavy atom. The maximum atomic E-state index is 13.3. The lowest BCUT2D eigenvalue weighted by atomic mass is 10.0. The molecule has 6 heteroatoms. The molecule has 0 atom stereocenters. The Balaban J connectivity index is 2.33. The van der Waals surface area contributed by atoms with E-state index in [0.29, 0.717) is 11.2 Å². The maximum Gasteiger partial charge on any atom is 0.336 e. The summed E-state index contributed by atoms with van der Waals surface area (Å²) in [6, 6.07) is 5.38. The number of benzene rings is 1. The fraction of sp³-hybridized carbons (Fsp3) is 0.133. The molecule has 3 aromatic rings. The molecule has 0 aliphatic rings. The van der Waals surface area contributed by atoms with Crippen LogP contribution in [0, 0.1) is 12.7 Å². The molecule has 106 valence electrons. The molecule has 5 nitrogen and oxygen atoms in total. The van der Waals surface area contributed by atoms with E-state index in [9.17, 15) is 14.3 Å². The normalized spacial score (nSPS) is 11.0. The maximum absolute atomic E-state index is 13.3. The second-order valence-electron chi connectivity index (χ2n) is 4.82. The van der Waals surface area contributed by atoms with Crippen LogP contribution in [0.3, 0.4) is 0 Å². The van der Waals surface area contributed by atoms with Crippen molar-refractivity contribution in [3.63, 3.8) is 0 Å². The number of aromatic carboxylic acids is 1. The van der Waals surface area contributed by atoms with Crippen LogP contribution in [0.2, 0.25) is 0 Å². The Hall–Kier alpha value is -2.76. The van der Waals surface area contributed by atoms with Gasteiger partial charge in [-0.1, -0.05) is 0 Å². The summed E-state index contributed by atoms with van der Waals surface area (Å²) in [6.45, 7) is 1.83. The van der Waals surface area contributed by atoms with Crippen LogP contribution in [0.15, 0.2) is 30.5 Å². The van der Waals surface area contributed by atoms with Crippen molar-refractivity contribution in [1.29, 1.82) is 0 Å². The van der Waals surface area contributed by atoms with Crippen molar-refractivity contribution in [2.75, 3.05) is 0 Å². The van der Waals surface area contributed by atoms with Crippen molar-refractivity contribution in [3.05, 3.63) is 47.5 Å². The molecule has 0 radical (unpaired) electrons. The van der Waals surface area contributed by atoms with Crippen LogP contribution in [0.4, 0.5) is 4.39 Å². The van der Waals surface area contributed by atoms with Crippen LogP contribution in [0.5, 0.6) is 0 Å². The predicted octanol–water partition coefficient (Wildman–Crippen LogP) is 2.78.